The number of rotatable bonds is 7. The second-order valence-corrected chi connectivity index (χ2v) is 3.78. The number of carboxylic acid groups (broad SMARTS) is 1. The van der Waals surface area contributed by atoms with E-state index >= 15 is 0 Å². The third kappa shape index (κ3) is 3.61. The standard InChI is InChI=1S/C12H18N2O4/c1-18-7-5-14(4-6-15)11-8-9(12(16)17)2-3-10(11)13/h2-3,8,15H,4-7,13H2,1H3,(H,16,17). The number of aliphatic hydroxyl groups excluding tert-OH is 1. The molecule has 0 saturated heterocycles. The lowest BCUT2D eigenvalue weighted by atomic mass is 10.1. The average Bonchev–Trinajstić information content (AvgIpc) is 2.35. The molecule has 4 N–H and O–H groups in total. The molecular weight excluding hydrogens is 236 g/mol. The molecule has 1 aromatic rings. The SMILES string of the molecule is COCCN(CCO)c1cc(C(=O)O)ccc1N. The lowest BCUT2D eigenvalue weighted by Gasteiger charge is -2.25. The molecule has 0 aromatic heterocycles. The Morgan fingerprint density at radius 3 is 2.72 bits per heavy atom. The number of hydrogen-bond donors (Lipinski definition) is 3. The van der Waals surface area contributed by atoms with E-state index in [-0.39, 0.29) is 12.2 Å². The van der Waals surface area contributed by atoms with Gasteiger partial charge in [-0.15, -0.1) is 0 Å². The van der Waals surface area contributed by atoms with Crippen LogP contribution in [0.2, 0.25) is 0 Å². The Bertz CT molecular complexity index is 409. The molecule has 0 aliphatic rings. The van der Waals surface area contributed by atoms with Crippen molar-refractivity contribution in [3.05, 3.63) is 23.8 Å². The summed E-state index contributed by atoms with van der Waals surface area (Å²) in [7, 11) is 1.58. The molecule has 100 valence electrons. The van der Waals surface area contributed by atoms with Crippen LogP contribution in [0.4, 0.5) is 11.4 Å². The number of carbonyl (C=O) groups is 1. The molecule has 1 rings (SSSR count). The van der Waals surface area contributed by atoms with Crippen LogP contribution in [-0.2, 0) is 4.74 Å². The summed E-state index contributed by atoms with van der Waals surface area (Å²) >= 11 is 0. The van der Waals surface area contributed by atoms with Crippen molar-refractivity contribution in [2.24, 2.45) is 0 Å². The first kappa shape index (κ1) is 14.3. The number of carboxylic acids is 1. The summed E-state index contributed by atoms with van der Waals surface area (Å²) in [5.41, 5.74) is 7.08. The molecule has 0 unspecified atom stereocenters. The Labute approximate surface area is 106 Å². The summed E-state index contributed by atoms with van der Waals surface area (Å²) in [4.78, 5) is 12.7. The number of nitrogens with zero attached hydrogens (tertiary/aromatic N) is 1. The summed E-state index contributed by atoms with van der Waals surface area (Å²) in [5, 5.41) is 18.0. The van der Waals surface area contributed by atoms with E-state index in [4.69, 9.17) is 20.7 Å². The normalized spacial score (nSPS) is 10.3. The highest BCUT2D eigenvalue weighted by atomic mass is 16.5. The second-order valence-electron chi connectivity index (χ2n) is 3.78. The van der Waals surface area contributed by atoms with E-state index in [1.165, 1.54) is 12.1 Å². The highest BCUT2D eigenvalue weighted by Gasteiger charge is 2.12. The van der Waals surface area contributed by atoms with Gasteiger partial charge in [0, 0.05) is 20.2 Å². The van der Waals surface area contributed by atoms with Gasteiger partial charge in [-0.05, 0) is 18.2 Å². The van der Waals surface area contributed by atoms with Crippen molar-refractivity contribution in [1.82, 2.24) is 0 Å². The van der Waals surface area contributed by atoms with Crippen molar-refractivity contribution in [1.29, 1.82) is 0 Å². The lowest BCUT2D eigenvalue weighted by molar-refractivity contribution is 0.0697. The minimum atomic E-state index is -1.01. The van der Waals surface area contributed by atoms with E-state index in [1.54, 1.807) is 18.1 Å². The van der Waals surface area contributed by atoms with Crippen molar-refractivity contribution >= 4 is 17.3 Å². The van der Waals surface area contributed by atoms with Crippen LogP contribution in [0, 0.1) is 0 Å². The molecule has 0 spiro atoms. The molecule has 0 bridgehead atoms. The number of ether oxygens (including phenoxy) is 1. The van der Waals surface area contributed by atoms with Gasteiger partial charge >= 0.3 is 5.97 Å². The summed E-state index contributed by atoms with van der Waals surface area (Å²) < 4.78 is 4.98. The quantitative estimate of drug-likeness (QED) is 0.610. The fourth-order valence-electron chi connectivity index (χ4n) is 1.63. The van der Waals surface area contributed by atoms with Crippen LogP contribution >= 0.6 is 0 Å². The van der Waals surface area contributed by atoms with Gasteiger partial charge in [0.1, 0.15) is 0 Å². The van der Waals surface area contributed by atoms with E-state index in [2.05, 4.69) is 0 Å². The van der Waals surface area contributed by atoms with Crippen LogP contribution in [0.15, 0.2) is 18.2 Å². The van der Waals surface area contributed by atoms with Crippen molar-refractivity contribution < 1.29 is 19.7 Å². The summed E-state index contributed by atoms with van der Waals surface area (Å²) in [6.45, 7) is 1.33. The summed E-state index contributed by atoms with van der Waals surface area (Å²) in [6, 6.07) is 4.51. The average molecular weight is 254 g/mol. The van der Waals surface area contributed by atoms with Crippen molar-refractivity contribution in [2.75, 3.05) is 44.0 Å². The molecule has 0 radical (unpaired) electrons. The Morgan fingerprint density at radius 1 is 1.44 bits per heavy atom. The zero-order chi connectivity index (χ0) is 13.5. The van der Waals surface area contributed by atoms with Crippen molar-refractivity contribution in [3.8, 4) is 0 Å². The molecule has 0 fully saturated rings. The molecule has 0 amide bonds. The summed E-state index contributed by atoms with van der Waals surface area (Å²) in [6.07, 6.45) is 0. The number of aliphatic hydroxyl groups is 1. The van der Waals surface area contributed by atoms with Crippen LogP contribution in [0.1, 0.15) is 10.4 Å². The molecule has 0 heterocycles. The van der Waals surface area contributed by atoms with Gasteiger partial charge in [0.2, 0.25) is 0 Å². The van der Waals surface area contributed by atoms with Crippen LogP contribution in [0.25, 0.3) is 0 Å². The molecule has 1 aromatic carbocycles. The third-order valence-corrected chi connectivity index (χ3v) is 2.55. The Kier molecular flexibility index (Phi) is 5.41. The first-order valence-electron chi connectivity index (χ1n) is 5.57. The van der Waals surface area contributed by atoms with Gasteiger partial charge in [-0.1, -0.05) is 0 Å². The third-order valence-electron chi connectivity index (χ3n) is 2.55. The molecule has 18 heavy (non-hydrogen) atoms. The zero-order valence-corrected chi connectivity index (χ0v) is 10.3. The van der Waals surface area contributed by atoms with Gasteiger partial charge in [0.15, 0.2) is 0 Å². The number of benzene rings is 1. The minimum absolute atomic E-state index is 0.0412. The maximum Gasteiger partial charge on any atom is 0.335 e. The zero-order valence-electron chi connectivity index (χ0n) is 10.3. The Hall–Kier alpha value is -1.79. The topological polar surface area (TPSA) is 96.0 Å². The Balaban J connectivity index is 3.01. The largest absolute Gasteiger partial charge is 0.478 e. The maximum atomic E-state index is 10.9. The number of anilines is 2. The fraction of sp³-hybridized carbons (Fsp3) is 0.417. The lowest BCUT2D eigenvalue weighted by Crippen LogP contribution is -2.31. The maximum absolute atomic E-state index is 10.9. The van der Waals surface area contributed by atoms with Crippen molar-refractivity contribution in [2.45, 2.75) is 0 Å². The van der Waals surface area contributed by atoms with Gasteiger partial charge in [0.05, 0.1) is 30.2 Å². The molecule has 0 aliphatic heterocycles. The first-order valence-corrected chi connectivity index (χ1v) is 5.57. The molecular formula is C12H18N2O4. The van der Waals surface area contributed by atoms with Gasteiger partial charge < -0.3 is 25.6 Å². The smallest absolute Gasteiger partial charge is 0.335 e. The summed E-state index contributed by atoms with van der Waals surface area (Å²) in [5.74, 6) is -1.01. The van der Waals surface area contributed by atoms with Crippen LogP contribution in [0.3, 0.4) is 0 Å². The highest BCUT2D eigenvalue weighted by molar-refractivity contribution is 5.90. The monoisotopic (exact) mass is 254 g/mol. The molecule has 0 atom stereocenters. The molecule has 0 aliphatic carbocycles. The van der Waals surface area contributed by atoms with E-state index in [0.717, 1.165) is 0 Å². The number of aromatic carboxylic acids is 1. The predicted molar refractivity (Wildman–Crippen MR) is 69.0 cm³/mol. The van der Waals surface area contributed by atoms with Gasteiger partial charge in [-0.25, -0.2) is 4.79 Å². The minimum Gasteiger partial charge on any atom is -0.478 e. The second kappa shape index (κ2) is 6.83. The van der Waals surface area contributed by atoms with Crippen LogP contribution < -0.4 is 10.6 Å². The number of methoxy groups -OCH3 is 1. The van der Waals surface area contributed by atoms with E-state index in [1.807, 2.05) is 0 Å². The number of hydrogen-bond acceptors (Lipinski definition) is 5. The predicted octanol–water partition coefficient (Wildman–Crippen LogP) is 0.412. The molecule has 6 heteroatoms. The number of nitrogens with two attached hydrogens (primary N) is 1. The Morgan fingerprint density at radius 2 is 2.17 bits per heavy atom. The van der Waals surface area contributed by atoms with E-state index in [9.17, 15) is 4.79 Å². The highest BCUT2D eigenvalue weighted by Crippen LogP contribution is 2.24. The van der Waals surface area contributed by atoms with Crippen molar-refractivity contribution in [3.63, 3.8) is 0 Å². The van der Waals surface area contributed by atoms with Gasteiger partial charge in [-0.3, -0.25) is 0 Å². The molecule has 6 nitrogen and oxygen atoms in total. The number of nitrogen functional groups attached to an aromatic ring is 1. The first-order chi connectivity index (χ1) is 8.60. The molecule has 0 saturated carbocycles. The van der Waals surface area contributed by atoms with E-state index in [0.29, 0.717) is 31.1 Å². The fourth-order valence-corrected chi connectivity index (χ4v) is 1.63. The van der Waals surface area contributed by atoms with Gasteiger partial charge in [0.25, 0.3) is 0 Å². The van der Waals surface area contributed by atoms with Gasteiger partial charge in [-0.2, -0.15) is 0 Å². The van der Waals surface area contributed by atoms with Crippen LogP contribution in [0.5, 0.6) is 0 Å². The van der Waals surface area contributed by atoms with Crippen LogP contribution in [-0.4, -0.2) is 49.6 Å². The van der Waals surface area contributed by atoms with E-state index < -0.39 is 5.97 Å².